The molecule has 0 aliphatic carbocycles. The normalized spacial score (nSPS) is 10.4. The lowest BCUT2D eigenvalue weighted by Gasteiger charge is -2.06. The predicted octanol–water partition coefficient (Wildman–Crippen LogP) is 2.05. The van der Waals surface area contributed by atoms with Crippen LogP contribution in [-0.4, -0.2) is 15.0 Å². The molecule has 4 nitrogen and oxygen atoms in total. The average molecular weight is 214 g/mol. The van der Waals surface area contributed by atoms with Gasteiger partial charge < -0.3 is 5.73 Å². The van der Waals surface area contributed by atoms with Gasteiger partial charge in [-0.25, -0.2) is 9.97 Å². The van der Waals surface area contributed by atoms with E-state index in [0.717, 1.165) is 22.5 Å². The molecule has 2 rings (SSSR count). The summed E-state index contributed by atoms with van der Waals surface area (Å²) in [4.78, 5) is 12.9. The lowest BCUT2D eigenvalue weighted by molar-refractivity contribution is 1.06. The first kappa shape index (κ1) is 10.5. The first-order valence-electron chi connectivity index (χ1n) is 5.11. The number of nitrogens with zero attached hydrogens (tertiary/aromatic N) is 3. The summed E-state index contributed by atoms with van der Waals surface area (Å²) in [6, 6.07) is 3.89. The zero-order valence-corrected chi connectivity index (χ0v) is 9.65. The van der Waals surface area contributed by atoms with Crippen LogP contribution in [0.4, 0.5) is 5.82 Å². The molecule has 0 aliphatic rings. The van der Waals surface area contributed by atoms with Crippen molar-refractivity contribution in [3.63, 3.8) is 0 Å². The summed E-state index contributed by atoms with van der Waals surface area (Å²) in [6.45, 7) is 5.85. The minimum absolute atomic E-state index is 0.519. The Balaban J connectivity index is 2.57. The van der Waals surface area contributed by atoms with Gasteiger partial charge in [-0.15, -0.1) is 0 Å². The van der Waals surface area contributed by atoms with Crippen molar-refractivity contribution in [2.75, 3.05) is 5.73 Å². The Morgan fingerprint density at radius 2 is 1.88 bits per heavy atom. The van der Waals surface area contributed by atoms with Gasteiger partial charge in [0.15, 0.2) is 5.82 Å². The Kier molecular flexibility index (Phi) is 2.56. The smallest absolute Gasteiger partial charge is 0.180 e. The van der Waals surface area contributed by atoms with Crippen LogP contribution in [0.15, 0.2) is 18.3 Å². The number of aromatic nitrogens is 3. The third-order valence-electron chi connectivity index (χ3n) is 2.57. The van der Waals surface area contributed by atoms with Crippen LogP contribution in [-0.2, 0) is 0 Å². The lowest BCUT2D eigenvalue weighted by Crippen LogP contribution is -2.02. The van der Waals surface area contributed by atoms with E-state index >= 15 is 0 Å². The highest BCUT2D eigenvalue weighted by Crippen LogP contribution is 2.18. The van der Waals surface area contributed by atoms with Crippen molar-refractivity contribution in [3.8, 4) is 11.5 Å². The van der Waals surface area contributed by atoms with Gasteiger partial charge in [-0.1, -0.05) is 0 Å². The third-order valence-corrected chi connectivity index (χ3v) is 2.57. The van der Waals surface area contributed by atoms with Gasteiger partial charge in [0.05, 0.1) is 0 Å². The Bertz CT molecular complexity index is 511. The molecule has 2 heterocycles. The number of hydrogen-bond acceptors (Lipinski definition) is 4. The zero-order chi connectivity index (χ0) is 11.7. The maximum absolute atomic E-state index is 5.82. The molecule has 0 unspecified atom stereocenters. The Labute approximate surface area is 94.6 Å². The SMILES string of the molecule is Cc1ccnc(-c2nc(C)c(C)c(N)n2)c1. The Morgan fingerprint density at radius 1 is 1.12 bits per heavy atom. The summed E-state index contributed by atoms with van der Waals surface area (Å²) < 4.78 is 0. The van der Waals surface area contributed by atoms with E-state index in [1.54, 1.807) is 6.20 Å². The van der Waals surface area contributed by atoms with Gasteiger partial charge in [0, 0.05) is 17.5 Å². The summed E-state index contributed by atoms with van der Waals surface area (Å²) in [6.07, 6.45) is 1.75. The van der Waals surface area contributed by atoms with Crippen LogP contribution in [0.2, 0.25) is 0 Å². The third kappa shape index (κ3) is 1.86. The number of hydrogen-bond donors (Lipinski definition) is 1. The van der Waals surface area contributed by atoms with Crippen molar-refractivity contribution in [2.45, 2.75) is 20.8 Å². The van der Waals surface area contributed by atoms with Crippen molar-refractivity contribution in [2.24, 2.45) is 0 Å². The summed E-state index contributed by atoms with van der Waals surface area (Å²) in [7, 11) is 0. The molecule has 0 spiro atoms. The second kappa shape index (κ2) is 3.89. The van der Waals surface area contributed by atoms with Crippen molar-refractivity contribution in [3.05, 3.63) is 35.2 Å². The zero-order valence-electron chi connectivity index (χ0n) is 9.65. The average Bonchev–Trinajstić information content (AvgIpc) is 2.25. The van der Waals surface area contributed by atoms with Crippen LogP contribution >= 0.6 is 0 Å². The highest BCUT2D eigenvalue weighted by Gasteiger charge is 2.08. The predicted molar refractivity (Wildman–Crippen MR) is 63.9 cm³/mol. The molecule has 0 radical (unpaired) electrons. The molecule has 2 aromatic heterocycles. The molecular weight excluding hydrogens is 200 g/mol. The molecule has 2 aromatic rings. The monoisotopic (exact) mass is 214 g/mol. The standard InChI is InChI=1S/C12H14N4/c1-7-4-5-14-10(6-7)12-15-9(3)8(2)11(13)16-12/h4-6H,1-3H3,(H2,13,15,16). The van der Waals surface area contributed by atoms with Crippen LogP contribution in [0.1, 0.15) is 16.8 Å². The van der Waals surface area contributed by atoms with Crippen molar-refractivity contribution in [1.29, 1.82) is 0 Å². The van der Waals surface area contributed by atoms with Crippen LogP contribution < -0.4 is 5.73 Å². The van der Waals surface area contributed by atoms with Crippen LogP contribution in [0.3, 0.4) is 0 Å². The van der Waals surface area contributed by atoms with Gasteiger partial charge in [-0.05, 0) is 38.5 Å². The number of nitrogen functional groups attached to an aromatic ring is 1. The summed E-state index contributed by atoms with van der Waals surface area (Å²) in [5.74, 6) is 1.11. The molecule has 0 amide bonds. The van der Waals surface area contributed by atoms with E-state index in [2.05, 4.69) is 15.0 Å². The highest BCUT2D eigenvalue weighted by molar-refractivity contribution is 5.55. The Hall–Kier alpha value is -1.97. The fourth-order valence-electron chi connectivity index (χ4n) is 1.42. The maximum atomic E-state index is 5.82. The van der Waals surface area contributed by atoms with Gasteiger partial charge >= 0.3 is 0 Å². The number of aryl methyl sites for hydroxylation is 2. The number of nitrogens with two attached hydrogens (primary N) is 1. The van der Waals surface area contributed by atoms with Gasteiger partial charge in [0.25, 0.3) is 0 Å². The van der Waals surface area contributed by atoms with Crippen molar-refractivity contribution < 1.29 is 0 Å². The van der Waals surface area contributed by atoms with E-state index in [1.165, 1.54) is 0 Å². The van der Waals surface area contributed by atoms with Crippen LogP contribution in [0.5, 0.6) is 0 Å². The van der Waals surface area contributed by atoms with E-state index in [-0.39, 0.29) is 0 Å². The number of rotatable bonds is 1. The van der Waals surface area contributed by atoms with Gasteiger partial charge in [0.1, 0.15) is 11.5 Å². The molecule has 0 aromatic carbocycles. The largest absolute Gasteiger partial charge is 0.383 e. The highest BCUT2D eigenvalue weighted by atomic mass is 15.0. The van der Waals surface area contributed by atoms with E-state index in [4.69, 9.17) is 5.73 Å². The van der Waals surface area contributed by atoms with Crippen molar-refractivity contribution in [1.82, 2.24) is 15.0 Å². The fraction of sp³-hybridized carbons (Fsp3) is 0.250. The molecule has 0 atom stereocenters. The minimum Gasteiger partial charge on any atom is -0.383 e. The van der Waals surface area contributed by atoms with E-state index in [0.29, 0.717) is 11.6 Å². The fourth-order valence-corrected chi connectivity index (χ4v) is 1.42. The first-order chi connectivity index (χ1) is 7.58. The quantitative estimate of drug-likeness (QED) is 0.789. The molecule has 0 saturated heterocycles. The number of pyridine rings is 1. The summed E-state index contributed by atoms with van der Waals surface area (Å²) in [5, 5.41) is 0. The molecule has 0 saturated carbocycles. The summed E-state index contributed by atoms with van der Waals surface area (Å²) in [5.41, 5.74) is 9.53. The number of anilines is 1. The molecule has 2 N–H and O–H groups in total. The minimum atomic E-state index is 0.519. The van der Waals surface area contributed by atoms with E-state index in [9.17, 15) is 0 Å². The topological polar surface area (TPSA) is 64.7 Å². The lowest BCUT2D eigenvalue weighted by atomic mass is 10.2. The Morgan fingerprint density at radius 3 is 2.50 bits per heavy atom. The van der Waals surface area contributed by atoms with Gasteiger partial charge in [-0.2, -0.15) is 0 Å². The van der Waals surface area contributed by atoms with E-state index < -0.39 is 0 Å². The van der Waals surface area contributed by atoms with Crippen LogP contribution in [0, 0.1) is 20.8 Å². The second-order valence-corrected chi connectivity index (χ2v) is 3.86. The molecule has 0 fully saturated rings. The molecule has 82 valence electrons. The second-order valence-electron chi connectivity index (χ2n) is 3.86. The summed E-state index contributed by atoms with van der Waals surface area (Å²) >= 11 is 0. The molecule has 0 bridgehead atoms. The van der Waals surface area contributed by atoms with Gasteiger partial charge in [0.2, 0.25) is 0 Å². The van der Waals surface area contributed by atoms with Crippen molar-refractivity contribution >= 4 is 5.82 Å². The first-order valence-corrected chi connectivity index (χ1v) is 5.11. The molecule has 4 heteroatoms. The van der Waals surface area contributed by atoms with E-state index in [1.807, 2.05) is 32.9 Å². The van der Waals surface area contributed by atoms with Crippen LogP contribution in [0.25, 0.3) is 11.5 Å². The molecular formula is C12H14N4. The molecule has 16 heavy (non-hydrogen) atoms. The maximum Gasteiger partial charge on any atom is 0.180 e. The van der Waals surface area contributed by atoms with Gasteiger partial charge in [-0.3, -0.25) is 4.98 Å². The molecule has 0 aliphatic heterocycles.